The number of halogens is 2. The maximum atomic E-state index is 11.7. The van der Waals surface area contributed by atoms with Crippen LogP contribution >= 0.6 is 27.5 Å². The third kappa shape index (κ3) is 2.93. The van der Waals surface area contributed by atoms with Crippen molar-refractivity contribution in [2.75, 3.05) is 11.5 Å². The number of rotatable bonds is 4. The predicted octanol–water partition coefficient (Wildman–Crippen LogP) is 2.02. The van der Waals surface area contributed by atoms with Crippen molar-refractivity contribution in [3.05, 3.63) is 29.8 Å². The molecule has 1 aromatic carbocycles. The molecule has 0 saturated heterocycles. The first-order valence-corrected chi connectivity index (χ1v) is 7.68. The van der Waals surface area contributed by atoms with Gasteiger partial charge in [0.15, 0.2) is 9.84 Å². The molecule has 0 aliphatic carbocycles. The van der Waals surface area contributed by atoms with Crippen LogP contribution in [0.15, 0.2) is 24.3 Å². The summed E-state index contributed by atoms with van der Waals surface area (Å²) < 4.78 is 21.6. The normalized spacial score (nSPS) is 17.4. The van der Waals surface area contributed by atoms with Crippen molar-refractivity contribution in [3.8, 4) is 0 Å². The van der Waals surface area contributed by atoms with Crippen LogP contribution in [0.1, 0.15) is 18.6 Å². The Labute approximate surface area is 114 Å². The standard InChI is InChI=1S/C10H13BrClNO3S/c1-2-17(15,16)10(11,12)9(14)7-3-5-8(13)6-4-7/h3-6,9,14H,2,13H2,1H3/t9-,10+/m0/s1. The second-order valence-electron chi connectivity index (χ2n) is 3.53. The monoisotopic (exact) mass is 341 g/mol. The maximum Gasteiger partial charge on any atom is 0.229 e. The van der Waals surface area contributed by atoms with E-state index in [0.29, 0.717) is 11.3 Å². The molecule has 0 spiro atoms. The van der Waals surface area contributed by atoms with E-state index in [2.05, 4.69) is 15.9 Å². The number of benzene rings is 1. The van der Waals surface area contributed by atoms with E-state index in [1.54, 1.807) is 12.1 Å². The summed E-state index contributed by atoms with van der Waals surface area (Å²) in [6.45, 7) is 1.46. The van der Waals surface area contributed by atoms with Crippen molar-refractivity contribution < 1.29 is 13.5 Å². The number of alkyl halides is 2. The number of sulfone groups is 1. The molecule has 1 rings (SSSR count). The summed E-state index contributed by atoms with van der Waals surface area (Å²) in [6, 6.07) is 6.20. The van der Waals surface area contributed by atoms with Crippen LogP contribution in [0.2, 0.25) is 0 Å². The predicted molar refractivity (Wildman–Crippen MR) is 72.8 cm³/mol. The van der Waals surface area contributed by atoms with Crippen molar-refractivity contribution in [2.45, 2.75) is 16.1 Å². The summed E-state index contributed by atoms with van der Waals surface area (Å²) in [7, 11) is -3.65. The Morgan fingerprint density at radius 3 is 2.35 bits per heavy atom. The summed E-state index contributed by atoms with van der Waals surface area (Å²) >= 11 is 8.78. The van der Waals surface area contributed by atoms with Gasteiger partial charge in [0, 0.05) is 5.69 Å². The topological polar surface area (TPSA) is 80.4 Å². The molecule has 0 aliphatic heterocycles. The Bertz CT molecular complexity index is 487. The lowest BCUT2D eigenvalue weighted by atomic mass is 10.1. The van der Waals surface area contributed by atoms with E-state index in [-0.39, 0.29) is 5.75 Å². The van der Waals surface area contributed by atoms with Gasteiger partial charge in [-0.3, -0.25) is 0 Å². The molecule has 0 fully saturated rings. The van der Waals surface area contributed by atoms with E-state index in [1.165, 1.54) is 19.1 Å². The first kappa shape index (κ1) is 14.8. The second kappa shape index (κ2) is 5.14. The summed E-state index contributed by atoms with van der Waals surface area (Å²) in [5, 5.41) is 10.0. The van der Waals surface area contributed by atoms with Gasteiger partial charge in [-0.1, -0.05) is 30.7 Å². The highest BCUT2D eigenvalue weighted by atomic mass is 79.9. The summed E-state index contributed by atoms with van der Waals surface area (Å²) in [5.74, 6) is -0.173. The highest BCUT2D eigenvalue weighted by molar-refractivity contribution is 9.12. The van der Waals surface area contributed by atoms with Crippen molar-refractivity contribution in [2.24, 2.45) is 0 Å². The minimum Gasteiger partial charge on any atom is -0.399 e. The number of nitrogens with two attached hydrogens (primary N) is 1. The highest BCUT2D eigenvalue weighted by Gasteiger charge is 2.45. The summed E-state index contributed by atoms with van der Waals surface area (Å²) in [5.41, 5.74) is 6.40. The van der Waals surface area contributed by atoms with Crippen LogP contribution in [0.4, 0.5) is 5.69 Å². The SMILES string of the molecule is CCS(=O)(=O)[C@@](Cl)(Br)[C@@H](O)c1ccc(N)cc1. The molecular weight excluding hydrogens is 330 g/mol. The van der Waals surface area contributed by atoms with Gasteiger partial charge in [-0.15, -0.1) is 0 Å². The minimum atomic E-state index is -3.65. The lowest BCUT2D eigenvalue weighted by molar-refractivity contribution is 0.185. The van der Waals surface area contributed by atoms with Gasteiger partial charge in [-0.05, 0) is 33.6 Å². The number of nitrogen functional groups attached to an aromatic ring is 1. The maximum absolute atomic E-state index is 11.7. The Morgan fingerprint density at radius 1 is 1.47 bits per heavy atom. The van der Waals surface area contributed by atoms with Crippen molar-refractivity contribution in [3.63, 3.8) is 0 Å². The molecule has 0 bridgehead atoms. The van der Waals surface area contributed by atoms with E-state index in [9.17, 15) is 13.5 Å². The Kier molecular flexibility index (Phi) is 4.46. The minimum absolute atomic E-state index is 0.173. The average Bonchev–Trinajstić information content (AvgIpc) is 2.28. The average molecular weight is 343 g/mol. The zero-order valence-electron chi connectivity index (χ0n) is 9.10. The smallest absolute Gasteiger partial charge is 0.229 e. The number of hydrogen-bond donors (Lipinski definition) is 2. The zero-order valence-corrected chi connectivity index (χ0v) is 12.3. The molecule has 3 N–H and O–H groups in total. The molecule has 2 atom stereocenters. The Balaban J connectivity index is 3.12. The highest BCUT2D eigenvalue weighted by Crippen LogP contribution is 2.42. The molecule has 1 aromatic rings. The van der Waals surface area contributed by atoms with Gasteiger partial charge in [0.2, 0.25) is 3.12 Å². The first-order chi connectivity index (χ1) is 7.72. The van der Waals surface area contributed by atoms with Crippen LogP contribution in [-0.2, 0) is 9.84 Å². The van der Waals surface area contributed by atoms with Crippen molar-refractivity contribution in [1.29, 1.82) is 0 Å². The quantitative estimate of drug-likeness (QED) is 0.648. The Morgan fingerprint density at radius 2 is 1.94 bits per heavy atom. The van der Waals surface area contributed by atoms with Gasteiger partial charge in [-0.25, -0.2) is 8.42 Å². The molecule has 0 radical (unpaired) electrons. The van der Waals surface area contributed by atoms with Gasteiger partial charge >= 0.3 is 0 Å². The third-order valence-corrected chi connectivity index (χ3v) is 7.00. The van der Waals surface area contributed by atoms with E-state index in [1.807, 2.05) is 0 Å². The van der Waals surface area contributed by atoms with Gasteiger partial charge in [-0.2, -0.15) is 0 Å². The van der Waals surface area contributed by atoms with E-state index >= 15 is 0 Å². The fourth-order valence-corrected chi connectivity index (χ4v) is 3.50. The van der Waals surface area contributed by atoms with Crippen LogP contribution in [0.3, 0.4) is 0 Å². The van der Waals surface area contributed by atoms with E-state index in [4.69, 9.17) is 17.3 Å². The second-order valence-corrected chi connectivity index (χ2v) is 9.04. The van der Waals surface area contributed by atoms with Crippen LogP contribution in [0.5, 0.6) is 0 Å². The van der Waals surface area contributed by atoms with Crippen molar-refractivity contribution in [1.82, 2.24) is 0 Å². The van der Waals surface area contributed by atoms with E-state index in [0.717, 1.165) is 0 Å². The third-order valence-electron chi connectivity index (χ3n) is 2.37. The molecule has 4 nitrogen and oxygen atoms in total. The molecular formula is C10H13BrClNO3S. The van der Waals surface area contributed by atoms with Gasteiger partial charge < -0.3 is 10.8 Å². The fourth-order valence-electron chi connectivity index (χ4n) is 1.23. The van der Waals surface area contributed by atoms with Crippen LogP contribution in [0.25, 0.3) is 0 Å². The number of anilines is 1. The van der Waals surface area contributed by atoms with E-state index < -0.39 is 19.1 Å². The molecule has 17 heavy (non-hydrogen) atoms. The molecule has 7 heteroatoms. The molecule has 96 valence electrons. The molecule has 0 amide bonds. The molecule has 0 unspecified atom stereocenters. The zero-order chi connectivity index (χ0) is 13.3. The largest absolute Gasteiger partial charge is 0.399 e. The fraction of sp³-hybridized carbons (Fsp3) is 0.400. The van der Waals surface area contributed by atoms with Gasteiger partial charge in [0.1, 0.15) is 6.10 Å². The van der Waals surface area contributed by atoms with Gasteiger partial charge in [0.25, 0.3) is 0 Å². The molecule has 0 heterocycles. The number of aliphatic hydroxyl groups excluding tert-OH is 1. The van der Waals surface area contributed by atoms with Crippen LogP contribution < -0.4 is 5.73 Å². The van der Waals surface area contributed by atoms with Crippen molar-refractivity contribution >= 4 is 43.1 Å². The van der Waals surface area contributed by atoms with Crippen LogP contribution in [-0.4, -0.2) is 22.4 Å². The van der Waals surface area contributed by atoms with Gasteiger partial charge in [0.05, 0.1) is 5.75 Å². The molecule has 0 aromatic heterocycles. The first-order valence-electron chi connectivity index (χ1n) is 4.86. The lowest BCUT2D eigenvalue weighted by Crippen LogP contribution is -2.34. The Hall–Kier alpha value is -0.300. The number of hydrogen-bond acceptors (Lipinski definition) is 4. The lowest BCUT2D eigenvalue weighted by Gasteiger charge is -2.25. The molecule has 0 saturated carbocycles. The summed E-state index contributed by atoms with van der Waals surface area (Å²) in [4.78, 5) is 0. The van der Waals surface area contributed by atoms with Crippen LogP contribution in [0, 0.1) is 0 Å². The molecule has 0 aliphatic rings. The summed E-state index contributed by atoms with van der Waals surface area (Å²) in [6.07, 6.45) is -1.38. The number of aliphatic hydroxyl groups is 1.